The van der Waals surface area contributed by atoms with E-state index in [0.717, 1.165) is 122 Å². The lowest BCUT2D eigenvalue weighted by molar-refractivity contribution is -0.870. The predicted molar refractivity (Wildman–Crippen MR) is 283 cm³/mol. The summed E-state index contributed by atoms with van der Waals surface area (Å²) in [5.74, 6) is -2.36. The zero-order chi connectivity index (χ0) is 49.9. The fourth-order valence-electron chi connectivity index (χ4n) is 6.18. The van der Waals surface area contributed by atoms with Crippen LogP contribution >= 0.6 is 0 Å². The first kappa shape index (κ1) is 63.4. The molecule has 0 aliphatic rings. The molecular weight excluding hydrogens is 851 g/mol. The molecule has 0 rings (SSSR count). The van der Waals surface area contributed by atoms with Gasteiger partial charge in [0.1, 0.15) is 13.2 Å². The van der Waals surface area contributed by atoms with Crippen molar-refractivity contribution >= 4 is 17.9 Å². The van der Waals surface area contributed by atoms with Crippen molar-refractivity contribution in [1.82, 2.24) is 0 Å². The van der Waals surface area contributed by atoms with Gasteiger partial charge in [-0.25, -0.2) is 0 Å². The molecule has 0 radical (unpaired) electrons. The van der Waals surface area contributed by atoms with Gasteiger partial charge in [-0.3, -0.25) is 9.59 Å². The Morgan fingerprint density at radius 2 is 0.838 bits per heavy atom. The van der Waals surface area contributed by atoms with Crippen molar-refractivity contribution in [3.63, 3.8) is 0 Å². The smallest absolute Gasteiger partial charge is 0.306 e. The van der Waals surface area contributed by atoms with Crippen LogP contribution in [-0.2, 0) is 33.3 Å². The summed E-state index contributed by atoms with van der Waals surface area (Å²) in [4.78, 5) is 36.8. The molecule has 0 aromatic carbocycles. The number of nitrogens with zero attached hydrogens (tertiary/aromatic N) is 1. The third-order valence-corrected chi connectivity index (χ3v) is 10.2. The molecule has 382 valence electrons. The summed E-state index contributed by atoms with van der Waals surface area (Å²) in [5, 5.41) is 11.7. The molecule has 0 fully saturated rings. The number of carboxylic acids is 1. The molecule has 0 heterocycles. The number of hydrogen-bond acceptors (Lipinski definition) is 8. The zero-order valence-electron chi connectivity index (χ0n) is 43.2. The largest absolute Gasteiger partial charge is 0.545 e. The molecule has 0 aromatic heterocycles. The highest BCUT2D eigenvalue weighted by Gasteiger charge is 2.21. The normalized spacial score (nSPS) is 14.0. The lowest BCUT2D eigenvalue weighted by atomic mass is 10.1. The Bertz CT molecular complexity index is 1570. The number of ether oxygens (including phenoxy) is 4. The van der Waals surface area contributed by atoms with Gasteiger partial charge >= 0.3 is 11.9 Å². The second-order valence-electron chi connectivity index (χ2n) is 17.7. The fourth-order valence-corrected chi connectivity index (χ4v) is 6.18. The van der Waals surface area contributed by atoms with Gasteiger partial charge in [0.2, 0.25) is 0 Å². The van der Waals surface area contributed by atoms with E-state index in [2.05, 4.69) is 148 Å². The third-order valence-electron chi connectivity index (χ3n) is 10.2. The van der Waals surface area contributed by atoms with E-state index in [1.165, 1.54) is 6.42 Å². The lowest BCUT2D eigenvalue weighted by Gasteiger charge is -2.26. The minimum atomic E-state index is -1.63. The van der Waals surface area contributed by atoms with Crippen LogP contribution in [0.1, 0.15) is 162 Å². The van der Waals surface area contributed by atoms with Crippen LogP contribution in [0.2, 0.25) is 0 Å². The molecule has 0 aliphatic heterocycles. The average Bonchev–Trinajstić information content (AvgIpc) is 3.30. The molecule has 0 spiro atoms. The molecule has 0 saturated carbocycles. The standard InChI is InChI=1S/C59H93NO8/c1-6-8-10-12-14-15-16-17-18-19-20-21-22-23-24-25-26-27-28-29-30-31-32-33-34-35-36-37-38-39-40-41-42-43-44-46-48-50-57(62)68-55(53-66-56(61)49-47-45-13-11-9-7-2)54-67-59(58(63)64)65-52-51-60(3,4)5/h8,10,14-15,17-18,20-21,23-24,26-27,29-30,32-33,35-36,38-39,41-42,55,59H,6-7,9,11-13,16,19,22,25,28,31,34,37,40,43-54H2,1-5H3/b10-8-,15-14-,18-17-,21-20-,24-23-,27-26-,30-29-,33-32-,36-35-,39-38-,42-41-. The van der Waals surface area contributed by atoms with Gasteiger partial charge in [-0.1, -0.05) is 186 Å². The number of quaternary nitrogens is 1. The van der Waals surface area contributed by atoms with Crippen molar-refractivity contribution in [2.75, 3.05) is 47.5 Å². The second kappa shape index (κ2) is 48.9. The molecule has 0 amide bonds. The predicted octanol–water partition coefficient (Wildman–Crippen LogP) is 13.4. The van der Waals surface area contributed by atoms with Crippen LogP contribution in [0.3, 0.4) is 0 Å². The second-order valence-corrected chi connectivity index (χ2v) is 17.7. The van der Waals surface area contributed by atoms with E-state index in [1.807, 2.05) is 21.1 Å². The highest BCUT2D eigenvalue weighted by Crippen LogP contribution is 2.11. The maximum atomic E-state index is 12.7. The maximum absolute atomic E-state index is 12.7. The summed E-state index contributed by atoms with van der Waals surface area (Å²) in [6.45, 7) is 4.47. The Kier molecular flexibility index (Phi) is 45.6. The number of carbonyl (C=O) groups is 3. The fraction of sp³-hybridized carbons (Fsp3) is 0.576. The van der Waals surface area contributed by atoms with E-state index in [1.54, 1.807) is 0 Å². The van der Waals surface area contributed by atoms with Gasteiger partial charge in [0.15, 0.2) is 12.4 Å². The minimum Gasteiger partial charge on any atom is -0.545 e. The van der Waals surface area contributed by atoms with E-state index in [-0.39, 0.29) is 38.6 Å². The van der Waals surface area contributed by atoms with Gasteiger partial charge in [0.05, 0.1) is 40.3 Å². The van der Waals surface area contributed by atoms with E-state index in [0.29, 0.717) is 17.4 Å². The Morgan fingerprint density at radius 1 is 0.456 bits per heavy atom. The summed E-state index contributed by atoms with van der Waals surface area (Å²) in [6, 6.07) is 0. The summed E-state index contributed by atoms with van der Waals surface area (Å²) >= 11 is 0. The first-order valence-electron chi connectivity index (χ1n) is 25.8. The number of hydrogen-bond donors (Lipinski definition) is 0. The number of aliphatic carboxylic acids is 1. The third kappa shape index (κ3) is 49.3. The van der Waals surface area contributed by atoms with E-state index in [4.69, 9.17) is 18.9 Å². The van der Waals surface area contributed by atoms with Gasteiger partial charge in [-0.05, 0) is 96.3 Å². The molecule has 9 heteroatoms. The topological polar surface area (TPSA) is 111 Å². The van der Waals surface area contributed by atoms with Crippen molar-refractivity contribution in [2.24, 2.45) is 0 Å². The van der Waals surface area contributed by atoms with Gasteiger partial charge < -0.3 is 33.3 Å². The van der Waals surface area contributed by atoms with E-state index in [9.17, 15) is 19.5 Å². The molecule has 0 N–H and O–H groups in total. The molecule has 0 aliphatic carbocycles. The highest BCUT2D eigenvalue weighted by molar-refractivity contribution is 5.70. The molecular formula is C59H93NO8. The van der Waals surface area contributed by atoms with Crippen molar-refractivity contribution < 1.29 is 42.9 Å². The number of likely N-dealkylation sites (N-methyl/N-ethyl adjacent to an activating group) is 1. The van der Waals surface area contributed by atoms with Gasteiger partial charge in [0.25, 0.3) is 0 Å². The molecule has 2 unspecified atom stereocenters. The Morgan fingerprint density at radius 3 is 1.25 bits per heavy atom. The molecule has 0 saturated heterocycles. The van der Waals surface area contributed by atoms with Gasteiger partial charge in [-0.2, -0.15) is 0 Å². The maximum Gasteiger partial charge on any atom is 0.306 e. The Hall–Kier alpha value is -4.57. The van der Waals surface area contributed by atoms with E-state index >= 15 is 0 Å². The van der Waals surface area contributed by atoms with Crippen molar-refractivity contribution in [1.29, 1.82) is 0 Å². The minimum absolute atomic E-state index is 0.134. The van der Waals surface area contributed by atoms with Crippen LogP contribution in [-0.4, -0.2) is 82.3 Å². The van der Waals surface area contributed by atoms with Crippen molar-refractivity contribution in [2.45, 2.75) is 174 Å². The van der Waals surface area contributed by atoms with Crippen LogP contribution in [0.25, 0.3) is 0 Å². The van der Waals surface area contributed by atoms with Crippen molar-refractivity contribution in [3.05, 3.63) is 134 Å². The quantitative estimate of drug-likeness (QED) is 0.0195. The monoisotopic (exact) mass is 944 g/mol. The van der Waals surface area contributed by atoms with Crippen LogP contribution < -0.4 is 5.11 Å². The molecule has 2 atom stereocenters. The van der Waals surface area contributed by atoms with Crippen molar-refractivity contribution in [3.8, 4) is 0 Å². The number of unbranched alkanes of at least 4 members (excludes halogenated alkanes) is 8. The number of esters is 2. The highest BCUT2D eigenvalue weighted by atomic mass is 16.7. The van der Waals surface area contributed by atoms with Crippen LogP contribution in [0, 0.1) is 0 Å². The summed E-state index contributed by atoms with van der Waals surface area (Å²) < 4.78 is 22.4. The zero-order valence-corrected chi connectivity index (χ0v) is 43.2. The molecule has 9 nitrogen and oxygen atoms in total. The average molecular weight is 944 g/mol. The number of rotatable bonds is 45. The van der Waals surface area contributed by atoms with E-state index < -0.39 is 24.3 Å². The summed E-state index contributed by atoms with van der Waals surface area (Å²) in [5.41, 5.74) is 0. The number of allylic oxidation sites excluding steroid dienone is 22. The number of carbonyl (C=O) groups excluding carboxylic acids is 3. The summed E-state index contributed by atoms with van der Waals surface area (Å²) in [6.07, 6.45) is 66.9. The molecule has 0 aromatic rings. The van der Waals surface area contributed by atoms with Gasteiger partial charge in [0, 0.05) is 12.8 Å². The lowest BCUT2D eigenvalue weighted by Crippen LogP contribution is -2.44. The first-order chi connectivity index (χ1) is 33.1. The van der Waals surface area contributed by atoms with Gasteiger partial charge in [-0.15, -0.1) is 0 Å². The molecule has 68 heavy (non-hydrogen) atoms. The van der Waals surface area contributed by atoms with Crippen LogP contribution in [0.5, 0.6) is 0 Å². The Labute approximate surface area is 414 Å². The van der Waals surface area contributed by atoms with Crippen LogP contribution in [0.15, 0.2) is 134 Å². The Balaban J connectivity index is 4.20. The summed E-state index contributed by atoms with van der Waals surface area (Å²) in [7, 11) is 5.88. The molecule has 0 bridgehead atoms. The van der Waals surface area contributed by atoms with Crippen LogP contribution in [0.4, 0.5) is 0 Å². The number of carboxylic acid groups (broad SMARTS) is 1. The first-order valence-corrected chi connectivity index (χ1v) is 25.8. The SMILES string of the molecule is CC/C=C\C/C=C\C/C=C\C/C=C\C/C=C\C/C=C\C/C=C\C/C=C\C/C=C\C/C=C\C/C=C\CCCCCC(=O)OC(COC(=O)CCCCCCCC)COC(OCC[N+](C)(C)C)C(=O)[O-].